The van der Waals surface area contributed by atoms with Crippen molar-refractivity contribution in [1.82, 2.24) is 9.88 Å². The number of aromatic hydroxyl groups is 1. The van der Waals surface area contributed by atoms with Gasteiger partial charge in [0.05, 0.1) is 11.1 Å². The Bertz CT molecular complexity index is 754. The summed E-state index contributed by atoms with van der Waals surface area (Å²) in [6.07, 6.45) is -3.59. The van der Waals surface area contributed by atoms with Crippen molar-refractivity contribution >= 4 is 11.7 Å². The molecule has 1 amide bonds. The van der Waals surface area contributed by atoms with Crippen LogP contribution in [0.3, 0.4) is 0 Å². The summed E-state index contributed by atoms with van der Waals surface area (Å²) in [6.45, 7) is 1.71. The number of phenols is 1. The predicted molar refractivity (Wildman–Crippen MR) is 85.5 cm³/mol. The zero-order valence-corrected chi connectivity index (χ0v) is 13.2. The van der Waals surface area contributed by atoms with Crippen molar-refractivity contribution in [3.63, 3.8) is 0 Å². The number of aromatic nitrogens is 1. The maximum Gasteiger partial charge on any atom is 0.417 e. The minimum absolute atomic E-state index is 0.0701. The average molecular weight is 351 g/mol. The van der Waals surface area contributed by atoms with E-state index in [0.717, 1.165) is 12.3 Å². The predicted octanol–water partition coefficient (Wildman–Crippen LogP) is 2.77. The molecule has 8 heteroatoms. The number of nitrogens with zero attached hydrogens (tertiary/aromatic N) is 3. The Balaban J connectivity index is 1.64. The highest BCUT2D eigenvalue weighted by Crippen LogP contribution is 2.29. The minimum atomic E-state index is -4.41. The first kappa shape index (κ1) is 17.1. The summed E-state index contributed by atoms with van der Waals surface area (Å²) in [5.74, 6) is 0.111. The summed E-state index contributed by atoms with van der Waals surface area (Å²) in [4.78, 5) is 19.7. The fourth-order valence-electron chi connectivity index (χ4n) is 2.70. The van der Waals surface area contributed by atoms with Crippen molar-refractivity contribution in [3.05, 3.63) is 53.7 Å². The summed E-state index contributed by atoms with van der Waals surface area (Å²) in [5, 5.41) is 9.77. The number of anilines is 1. The smallest absolute Gasteiger partial charge is 0.417 e. The van der Waals surface area contributed by atoms with E-state index in [1.807, 2.05) is 4.90 Å². The summed E-state index contributed by atoms with van der Waals surface area (Å²) < 4.78 is 37.7. The van der Waals surface area contributed by atoms with Crippen LogP contribution >= 0.6 is 0 Å². The molecule has 0 bridgehead atoms. The van der Waals surface area contributed by atoms with Gasteiger partial charge in [-0.2, -0.15) is 13.2 Å². The second-order valence-corrected chi connectivity index (χ2v) is 5.70. The van der Waals surface area contributed by atoms with E-state index in [4.69, 9.17) is 0 Å². The van der Waals surface area contributed by atoms with E-state index < -0.39 is 11.7 Å². The molecule has 1 aromatic heterocycles. The number of para-hydroxylation sites is 1. The van der Waals surface area contributed by atoms with Gasteiger partial charge in [0.1, 0.15) is 11.6 Å². The number of hydrogen-bond donors (Lipinski definition) is 1. The van der Waals surface area contributed by atoms with Gasteiger partial charge in [-0.1, -0.05) is 12.1 Å². The van der Waals surface area contributed by atoms with Crippen LogP contribution in [0.15, 0.2) is 42.6 Å². The molecule has 1 N–H and O–H groups in total. The topological polar surface area (TPSA) is 56.7 Å². The molecule has 5 nitrogen and oxygen atoms in total. The number of hydrogen-bond acceptors (Lipinski definition) is 4. The molecule has 1 aliphatic heterocycles. The molecule has 25 heavy (non-hydrogen) atoms. The second kappa shape index (κ2) is 6.62. The van der Waals surface area contributed by atoms with Gasteiger partial charge in [0.2, 0.25) is 0 Å². The summed E-state index contributed by atoms with van der Waals surface area (Å²) in [7, 11) is 0. The summed E-state index contributed by atoms with van der Waals surface area (Å²) >= 11 is 0. The lowest BCUT2D eigenvalue weighted by atomic mass is 10.1. The summed E-state index contributed by atoms with van der Waals surface area (Å²) in [5.41, 5.74) is -0.548. The van der Waals surface area contributed by atoms with E-state index in [-0.39, 0.29) is 17.2 Å². The van der Waals surface area contributed by atoms with Crippen molar-refractivity contribution < 1.29 is 23.1 Å². The first-order valence-corrected chi connectivity index (χ1v) is 7.72. The van der Waals surface area contributed by atoms with Crippen LogP contribution in [0.5, 0.6) is 5.75 Å². The van der Waals surface area contributed by atoms with E-state index in [1.165, 1.54) is 12.1 Å². The number of piperazine rings is 1. The van der Waals surface area contributed by atoms with Gasteiger partial charge in [-0.15, -0.1) is 0 Å². The van der Waals surface area contributed by atoms with E-state index >= 15 is 0 Å². The molecule has 0 radical (unpaired) electrons. The number of amides is 1. The number of benzene rings is 1. The van der Waals surface area contributed by atoms with Crippen LogP contribution in [0, 0.1) is 0 Å². The third-order valence-corrected chi connectivity index (χ3v) is 4.10. The monoisotopic (exact) mass is 351 g/mol. The van der Waals surface area contributed by atoms with Crippen molar-refractivity contribution in [3.8, 4) is 5.75 Å². The quantitative estimate of drug-likeness (QED) is 0.904. The number of halogens is 3. The molecule has 132 valence electrons. The van der Waals surface area contributed by atoms with Crippen LogP contribution in [-0.4, -0.2) is 47.1 Å². The van der Waals surface area contributed by atoms with Crippen LogP contribution in [-0.2, 0) is 6.18 Å². The third-order valence-electron chi connectivity index (χ3n) is 4.10. The Hall–Kier alpha value is -2.77. The molecule has 0 spiro atoms. The van der Waals surface area contributed by atoms with E-state index in [0.29, 0.717) is 32.0 Å². The maximum atomic E-state index is 12.6. The standard InChI is InChI=1S/C17H16F3N3O2/c18-17(19,20)12-5-6-15(21-11-12)22-7-9-23(10-8-22)16(25)13-3-1-2-4-14(13)24/h1-6,11,24H,7-10H2. The van der Waals surface area contributed by atoms with Crippen LogP contribution in [0.25, 0.3) is 0 Å². The van der Waals surface area contributed by atoms with Gasteiger partial charge in [0.15, 0.2) is 0 Å². The Labute approximate surface area is 142 Å². The van der Waals surface area contributed by atoms with Gasteiger partial charge in [-0.05, 0) is 24.3 Å². The lowest BCUT2D eigenvalue weighted by Gasteiger charge is -2.35. The van der Waals surface area contributed by atoms with Crippen molar-refractivity contribution in [2.24, 2.45) is 0 Å². The lowest BCUT2D eigenvalue weighted by Crippen LogP contribution is -2.49. The third kappa shape index (κ3) is 3.67. The highest BCUT2D eigenvalue weighted by Gasteiger charge is 2.31. The molecular weight excluding hydrogens is 335 g/mol. The number of rotatable bonds is 2. The van der Waals surface area contributed by atoms with Crippen molar-refractivity contribution in [1.29, 1.82) is 0 Å². The van der Waals surface area contributed by atoms with Gasteiger partial charge in [0.25, 0.3) is 5.91 Å². The van der Waals surface area contributed by atoms with Gasteiger partial charge in [-0.3, -0.25) is 4.79 Å². The highest BCUT2D eigenvalue weighted by atomic mass is 19.4. The lowest BCUT2D eigenvalue weighted by molar-refractivity contribution is -0.137. The Morgan fingerprint density at radius 1 is 1.04 bits per heavy atom. The molecule has 1 aliphatic rings. The Kier molecular flexibility index (Phi) is 4.52. The van der Waals surface area contributed by atoms with Gasteiger partial charge in [-0.25, -0.2) is 4.98 Å². The Morgan fingerprint density at radius 3 is 2.28 bits per heavy atom. The van der Waals surface area contributed by atoms with Gasteiger partial charge < -0.3 is 14.9 Å². The second-order valence-electron chi connectivity index (χ2n) is 5.70. The van der Waals surface area contributed by atoms with Crippen LogP contribution in [0.4, 0.5) is 19.0 Å². The molecule has 0 atom stereocenters. The largest absolute Gasteiger partial charge is 0.507 e. The van der Waals surface area contributed by atoms with Gasteiger partial charge >= 0.3 is 6.18 Å². The Morgan fingerprint density at radius 2 is 1.72 bits per heavy atom. The number of carbonyl (C=O) groups excluding carboxylic acids is 1. The molecule has 1 saturated heterocycles. The zero-order valence-electron chi connectivity index (χ0n) is 13.2. The molecule has 2 aromatic rings. The number of alkyl halides is 3. The van der Waals surface area contributed by atoms with E-state index in [1.54, 1.807) is 23.1 Å². The van der Waals surface area contributed by atoms with Crippen LogP contribution < -0.4 is 4.90 Å². The first-order chi connectivity index (χ1) is 11.9. The minimum Gasteiger partial charge on any atom is -0.507 e. The number of pyridine rings is 1. The first-order valence-electron chi connectivity index (χ1n) is 7.72. The van der Waals surface area contributed by atoms with Crippen LogP contribution in [0.2, 0.25) is 0 Å². The number of carbonyl (C=O) groups is 1. The fraction of sp³-hybridized carbons (Fsp3) is 0.294. The molecule has 1 fully saturated rings. The van der Waals surface area contributed by atoms with Crippen molar-refractivity contribution in [2.45, 2.75) is 6.18 Å². The van der Waals surface area contributed by atoms with Gasteiger partial charge in [0, 0.05) is 32.4 Å². The van der Waals surface area contributed by atoms with E-state index in [9.17, 15) is 23.1 Å². The molecule has 0 aliphatic carbocycles. The molecule has 0 unspecified atom stereocenters. The highest BCUT2D eigenvalue weighted by molar-refractivity contribution is 5.96. The van der Waals surface area contributed by atoms with Crippen LogP contribution in [0.1, 0.15) is 15.9 Å². The average Bonchev–Trinajstić information content (AvgIpc) is 2.61. The molecule has 1 aromatic carbocycles. The SMILES string of the molecule is O=C(c1ccccc1O)N1CCN(c2ccc(C(F)(F)F)cn2)CC1. The zero-order chi connectivity index (χ0) is 18.0. The summed E-state index contributed by atoms with van der Waals surface area (Å²) in [6, 6.07) is 8.66. The number of phenolic OH excluding ortho intramolecular Hbond substituents is 1. The van der Waals surface area contributed by atoms with Crippen molar-refractivity contribution in [2.75, 3.05) is 31.1 Å². The molecule has 2 heterocycles. The maximum absolute atomic E-state index is 12.6. The van der Waals surface area contributed by atoms with E-state index in [2.05, 4.69) is 4.98 Å². The molecular formula is C17H16F3N3O2. The fourth-order valence-corrected chi connectivity index (χ4v) is 2.70. The molecule has 3 rings (SSSR count). The normalized spacial score (nSPS) is 15.3. The molecule has 0 saturated carbocycles.